The minimum atomic E-state index is -1.13. The van der Waals surface area contributed by atoms with Crippen LogP contribution in [-0.2, 0) is 0 Å². The van der Waals surface area contributed by atoms with Gasteiger partial charge in [0.15, 0.2) is 0 Å². The van der Waals surface area contributed by atoms with Gasteiger partial charge in [-0.05, 0) is 13.0 Å². The minimum absolute atomic E-state index is 0.236. The van der Waals surface area contributed by atoms with Crippen LogP contribution < -0.4 is 4.90 Å². The van der Waals surface area contributed by atoms with Gasteiger partial charge in [-0.15, -0.1) is 0 Å². The van der Waals surface area contributed by atoms with Gasteiger partial charge in [0.2, 0.25) is 5.95 Å². The maximum atomic E-state index is 13.1. The summed E-state index contributed by atoms with van der Waals surface area (Å²) in [7, 11) is 1.38. The van der Waals surface area contributed by atoms with E-state index in [1.54, 1.807) is 13.0 Å². The molecule has 0 saturated carbocycles. The third-order valence-corrected chi connectivity index (χ3v) is 2.59. The SMILES string of the molecule is Cc1cc(-c2cc(N(C)C(=O)O)ncn2)cnc1F. The molecule has 2 aromatic rings. The second kappa shape index (κ2) is 4.97. The molecule has 0 aliphatic rings. The number of pyridine rings is 1. The number of carboxylic acid groups (broad SMARTS) is 1. The molecule has 98 valence electrons. The molecule has 0 bridgehead atoms. The molecule has 0 spiro atoms. The van der Waals surface area contributed by atoms with E-state index in [1.807, 2.05) is 0 Å². The summed E-state index contributed by atoms with van der Waals surface area (Å²) < 4.78 is 13.1. The van der Waals surface area contributed by atoms with Crippen molar-refractivity contribution in [2.45, 2.75) is 6.92 Å². The molecule has 2 heterocycles. The molecule has 2 rings (SSSR count). The van der Waals surface area contributed by atoms with Gasteiger partial charge in [0, 0.05) is 30.4 Å². The molecule has 0 aromatic carbocycles. The van der Waals surface area contributed by atoms with Gasteiger partial charge in [-0.2, -0.15) is 4.39 Å². The van der Waals surface area contributed by atoms with E-state index in [0.29, 0.717) is 16.8 Å². The zero-order valence-electron chi connectivity index (χ0n) is 10.3. The Morgan fingerprint density at radius 3 is 2.68 bits per heavy atom. The Hall–Kier alpha value is -2.57. The standard InChI is InChI=1S/C12H11FN4O2/c1-7-3-8(5-14-11(7)13)9-4-10(16-6-15-9)17(2)12(18)19/h3-6H,1-2H3,(H,18,19). The summed E-state index contributed by atoms with van der Waals surface area (Å²) in [6.45, 7) is 1.59. The fourth-order valence-electron chi connectivity index (χ4n) is 1.48. The molecule has 0 aliphatic carbocycles. The molecule has 1 amide bonds. The van der Waals surface area contributed by atoms with E-state index in [-0.39, 0.29) is 5.82 Å². The molecule has 0 saturated heterocycles. The minimum Gasteiger partial charge on any atom is -0.465 e. The van der Waals surface area contributed by atoms with Gasteiger partial charge in [-0.3, -0.25) is 4.90 Å². The van der Waals surface area contributed by atoms with Crippen LogP contribution in [0.2, 0.25) is 0 Å². The molecule has 0 fully saturated rings. The fourth-order valence-corrected chi connectivity index (χ4v) is 1.48. The van der Waals surface area contributed by atoms with Gasteiger partial charge in [0.1, 0.15) is 12.1 Å². The average Bonchev–Trinajstić information content (AvgIpc) is 2.41. The van der Waals surface area contributed by atoms with Crippen LogP contribution in [0.15, 0.2) is 24.7 Å². The van der Waals surface area contributed by atoms with E-state index in [0.717, 1.165) is 4.90 Å². The number of hydrogen-bond acceptors (Lipinski definition) is 4. The largest absolute Gasteiger partial charge is 0.465 e. The highest BCUT2D eigenvalue weighted by atomic mass is 19.1. The van der Waals surface area contributed by atoms with Crippen molar-refractivity contribution in [3.05, 3.63) is 36.2 Å². The highest BCUT2D eigenvalue weighted by Crippen LogP contribution is 2.21. The molecule has 2 aromatic heterocycles. The van der Waals surface area contributed by atoms with E-state index in [4.69, 9.17) is 5.11 Å². The van der Waals surface area contributed by atoms with Crippen LogP contribution in [0.4, 0.5) is 15.0 Å². The van der Waals surface area contributed by atoms with Crippen molar-refractivity contribution in [3.8, 4) is 11.3 Å². The van der Waals surface area contributed by atoms with Crippen molar-refractivity contribution in [2.24, 2.45) is 0 Å². The average molecular weight is 262 g/mol. The van der Waals surface area contributed by atoms with E-state index in [9.17, 15) is 9.18 Å². The van der Waals surface area contributed by atoms with Gasteiger partial charge in [0.05, 0.1) is 5.69 Å². The van der Waals surface area contributed by atoms with Crippen molar-refractivity contribution in [1.29, 1.82) is 0 Å². The van der Waals surface area contributed by atoms with Crippen molar-refractivity contribution < 1.29 is 14.3 Å². The zero-order valence-corrected chi connectivity index (χ0v) is 10.3. The number of carbonyl (C=O) groups is 1. The van der Waals surface area contributed by atoms with Gasteiger partial charge in [0.25, 0.3) is 0 Å². The highest BCUT2D eigenvalue weighted by Gasteiger charge is 2.12. The van der Waals surface area contributed by atoms with E-state index < -0.39 is 12.0 Å². The Morgan fingerprint density at radius 2 is 2.05 bits per heavy atom. The van der Waals surface area contributed by atoms with Crippen LogP contribution in [0.25, 0.3) is 11.3 Å². The number of halogens is 1. The van der Waals surface area contributed by atoms with Crippen LogP contribution in [0, 0.1) is 12.9 Å². The monoisotopic (exact) mass is 262 g/mol. The summed E-state index contributed by atoms with van der Waals surface area (Å²) in [5.74, 6) is -0.305. The number of amides is 1. The topological polar surface area (TPSA) is 79.2 Å². The first-order chi connectivity index (χ1) is 8.99. The van der Waals surface area contributed by atoms with Crippen molar-refractivity contribution in [3.63, 3.8) is 0 Å². The second-order valence-corrected chi connectivity index (χ2v) is 3.93. The molecule has 6 nitrogen and oxygen atoms in total. The Kier molecular flexibility index (Phi) is 3.37. The summed E-state index contributed by atoms with van der Waals surface area (Å²) in [5, 5.41) is 8.88. The van der Waals surface area contributed by atoms with Crippen LogP contribution in [0.1, 0.15) is 5.56 Å². The zero-order chi connectivity index (χ0) is 14.0. The lowest BCUT2D eigenvalue weighted by molar-refractivity contribution is 0.203. The first-order valence-electron chi connectivity index (χ1n) is 5.40. The first-order valence-corrected chi connectivity index (χ1v) is 5.40. The molecule has 0 aliphatic heterocycles. The molecule has 7 heteroatoms. The molecule has 19 heavy (non-hydrogen) atoms. The Labute approximate surface area is 108 Å². The summed E-state index contributed by atoms with van der Waals surface area (Å²) in [6, 6.07) is 3.09. The van der Waals surface area contributed by atoms with Gasteiger partial charge in [-0.25, -0.2) is 19.7 Å². The van der Waals surface area contributed by atoms with E-state index in [1.165, 1.54) is 25.6 Å². The Balaban J connectivity index is 2.43. The molecule has 0 atom stereocenters. The Morgan fingerprint density at radius 1 is 1.32 bits per heavy atom. The smallest absolute Gasteiger partial charge is 0.412 e. The van der Waals surface area contributed by atoms with Crippen molar-refractivity contribution >= 4 is 11.9 Å². The predicted octanol–water partition coefficient (Wildman–Crippen LogP) is 2.10. The lowest BCUT2D eigenvalue weighted by Crippen LogP contribution is -2.24. The van der Waals surface area contributed by atoms with E-state index in [2.05, 4.69) is 15.0 Å². The van der Waals surface area contributed by atoms with Crippen LogP contribution in [-0.4, -0.2) is 33.2 Å². The van der Waals surface area contributed by atoms with Gasteiger partial charge >= 0.3 is 6.09 Å². The number of hydrogen-bond donors (Lipinski definition) is 1. The summed E-state index contributed by atoms with van der Waals surface area (Å²) >= 11 is 0. The molecular formula is C12H11FN4O2. The third kappa shape index (κ3) is 2.65. The Bertz CT molecular complexity index is 633. The quantitative estimate of drug-likeness (QED) is 0.838. The normalized spacial score (nSPS) is 10.3. The van der Waals surface area contributed by atoms with Crippen molar-refractivity contribution in [2.75, 3.05) is 11.9 Å². The number of aromatic nitrogens is 3. The van der Waals surface area contributed by atoms with Gasteiger partial charge < -0.3 is 5.11 Å². The maximum Gasteiger partial charge on any atom is 0.412 e. The lowest BCUT2D eigenvalue weighted by Gasteiger charge is -2.12. The number of rotatable bonds is 2. The maximum absolute atomic E-state index is 13.1. The summed E-state index contributed by atoms with van der Waals surface area (Å²) in [6.07, 6.45) is 1.47. The number of aryl methyl sites for hydroxylation is 1. The molecule has 0 unspecified atom stereocenters. The predicted molar refractivity (Wildman–Crippen MR) is 66.4 cm³/mol. The summed E-state index contributed by atoms with van der Waals surface area (Å²) in [5.41, 5.74) is 1.47. The molecular weight excluding hydrogens is 251 g/mol. The number of nitrogens with zero attached hydrogens (tertiary/aromatic N) is 4. The fraction of sp³-hybridized carbons (Fsp3) is 0.167. The molecule has 0 radical (unpaired) electrons. The van der Waals surface area contributed by atoms with Crippen LogP contribution in [0.3, 0.4) is 0 Å². The van der Waals surface area contributed by atoms with E-state index >= 15 is 0 Å². The van der Waals surface area contributed by atoms with Crippen LogP contribution in [0.5, 0.6) is 0 Å². The van der Waals surface area contributed by atoms with Gasteiger partial charge in [-0.1, -0.05) is 0 Å². The highest BCUT2D eigenvalue weighted by molar-refractivity contribution is 5.84. The second-order valence-electron chi connectivity index (χ2n) is 3.93. The summed E-state index contributed by atoms with van der Waals surface area (Å²) in [4.78, 5) is 23.3. The lowest BCUT2D eigenvalue weighted by atomic mass is 10.1. The third-order valence-electron chi connectivity index (χ3n) is 2.59. The molecule has 1 N–H and O–H groups in total. The number of anilines is 1. The van der Waals surface area contributed by atoms with Crippen LogP contribution >= 0.6 is 0 Å². The van der Waals surface area contributed by atoms with Crippen molar-refractivity contribution in [1.82, 2.24) is 15.0 Å². The first kappa shape index (κ1) is 12.9.